The number of methoxy groups -OCH3 is 1. The summed E-state index contributed by atoms with van der Waals surface area (Å²) in [5.41, 5.74) is 3.93. The highest BCUT2D eigenvalue weighted by Gasteiger charge is 2.19. The van der Waals surface area contributed by atoms with Crippen molar-refractivity contribution in [2.45, 2.75) is 26.7 Å². The first-order chi connectivity index (χ1) is 10.1. The van der Waals surface area contributed by atoms with Gasteiger partial charge < -0.3 is 14.4 Å². The van der Waals surface area contributed by atoms with Crippen LogP contribution in [0.4, 0.5) is 5.69 Å². The first-order valence-corrected chi connectivity index (χ1v) is 7.48. The predicted molar refractivity (Wildman–Crippen MR) is 85.3 cm³/mol. The van der Waals surface area contributed by atoms with Crippen molar-refractivity contribution >= 4 is 29.5 Å². The summed E-state index contributed by atoms with van der Waals surface area (Å²) in [6, 6.07) is 4.04. The predicted octanol–water partition coefficient (Wildman–Crippen LogP) is 2.65. The summed E-state index contributed by atoms with van der Waals surface area (Å²) in [5.74, 6) is -0.398. The zero-order valence-electron chi connectivity index (χ0n) is 12.8. The average molecular weight is 312 g/mol. The van der Waals surface area contributed by atoms with E-state index < -0.39 is 0 Å². The van der Waals surface area contributed by atoms with Crippen LogP contribution < -0.4 is 4.90 Å². The van der Waals surface area contributed by atoms with Gasteiger partial charge in [-0.2, -0.15) is 0 Å². The molecule has 0 bridgehead atoms. The van der Waals surface area contributed by atoms with E-state index in [1.54, 1.807) is 7.11 Å². The summed E-state index contributed by atoms with van der Waals surface area (Å²) >= 11 is 5.66. The number of carbonyl (C=O) groups excluding carboxylic acids is 2. The van der Waals surface area contributed by atoms with Gasteiger partial charge in [0, 0.05) is 13.7 Å². The fourth-order valence-corrected chi connectivity index (χ4v) is 2.58. The van der Waals surface area contributed by atoms with Crippen molar-refractivity contribution in [3.05, 3.63) is 28.8 Å². The number of halogens is 1. The second kappa shape index (κ2) is 8.80. The molecule has 0 aliphatic rings. The fraction of sp³-hybridized carbons (Fsp3) is 0.500. The molecular formula is C16H22ClNO3. The number of amides is 1. The molecule has 0 atom stereocenters. The zero-order valence-corrected chi connectivity index (χ0v) is 13.6. The van der Waals surface area contributed by atoms with Crippen molar-refractivity contribution < 1.29 is 14.3 Å². The van der Waals surface area contributed by atoms with Crippen LogP contribution in [0.5, 0.6) is 0 Å². The minimum absolute atomic E-state index is 0.0226. The van der Waals surface area contributed by atoms with E-state index >= 15 is 0 Å². The van der Waals surface area contributed by atoms with Crippen molar-refractivity contribution in [3.8, 4) is 0 Å². The molecule has 0 fully saturated rings. The molecule has 0 heterocycles. The molecule has 0 aliphatic carbocycles. The van der Waals surface area contributed by atoms with Crippen molar-refractivity contribution in [1.82, 2.24) is 0 Å². The van der Waals surface area contributed by atoms with Gasteiger partial charge in [-0.25, -0.2) is 0 Å². The summed E-state index contributed by atoms with van der Waals surface area (Å²) in [6.07, 6.45) is 2.51. The Morgan fingerprint density at radius 3 is 2.67 bits per heavy atom. The number of nitrogens with zero attached hydrogens (tertiary/aromatic N) is 1. The Balaban J connectivity index is 3.16. The Morgan fingerprint density at radius 1 is 1.38 bits per heavy atom. The van der Waals surface area contributed by atoms with Crippen LogP contribution in [0.15, 0.2) is 12.1 Å². The van der Waals surface area contributed by atoms with Gasteiger partial charge in [-0.3, -0.25) is 4.79 Å². The zero-order chi connectivity index (χ0) is 15.8. The Hall–Kier alpha value is -1.39. The highest BCUT2D eigenvalue weighted by molar-refractivity contribution is 6.29. The molecule has 1 aromatic carbocycles. The molecule has 0 N–H and O–H groups in total. The van der Waals surface area contributed by atoms with Crippen LogP contribution in [0.3, 0.4) is 0 Å². The van der Waals surface area contributed by atoms with Crippen LogP contribution >= 0.6 is 11.6 Å². The summed E-state index contributed by atoms with van der Waals surface area (Å²) in [6.45, 7) is 4.63. The molecule has 116 valence electrons. The Morgan fingerprint density at radius 2 is 2.10 bits per heavy atom. The average Bonchev–Trinajstić information content (AvgIpc) is 2.48. The Labute approximate surface area is 131 Å². The lowest BCUT2D eigenvalue weighted by Crippen LogP contribution is -2.34. The number of hydrogen-bond acceptors (Lipinski definition) is 3. The van der Waals surface area contributed by atoms with E-state index in [1.165, 1.54) is 4.90 Å². The molecule has 1 aromatic rings. The first-order valence-electron chi connectivity index (χ1n) is 6.94. The Bertz CT molecular complexity index is 503. The second-order valence-corrected chi connectivity index (χ2v) is 5.18. The van der Waals surface area contributed by atoms with Gasteiger partial charge in [0.15, 0.2) is 0 Å². The standard InChI is InChI=1S/C16H22ClNO3/c1-12-6-7-14(5-4-10-21-3)13(2)16(12)18(8-9-19)15(20)11-17/h6-7,9H,4-5,8,10-11H2,1-3H3. The number of anilines is 1. The Kier molecular flexibility index (Phi) is 7.40. The summed E-state index contributed by atoms with van der Waals surface area (Å²) in [7, 11) is 1.68. The van der Waals surface area contributed by atoms with E-state index in [4.69, 9.17) is 16.3 Å². The van der Waals surface area contributed by atoms with Crippen molar-refractivity contribution in [3.63, 3.8) is 0 Å². The van der Waals surface area contributed by atoms with Gasteiger partial charge in [0.2, 0.25) is 5.91 Å². The molecule has 4 nitrogen and oxygen atoms in total. The number of rotatable bonds is 8. The molecule has 0 saturated heterocycles. The lowest BCUT2D eigenvalue weighted by atomic mass is 9.98. The first kappa shape index (κ1) is 17.7. The van der Waals surface area contributed by atoms with E-state index in [9.17, 15) is 9.59 Å². The number of benzene rings is 1. The largest absolute Gasteiger partial charge is 0.385 e. The number of aryl methyl sites for hydroxylation is 2. The number of alkyl halides is 1. The van der Waals surface area contributed by atoms with Gasteiger partial charge in [-0.1, -0.05) is 12.1 Å². The van der Waals surface area contributed by atoms with Crippen molar-refractivity contribution in [2.24, 2.45) is 0 Å². The van der Waals surface area contributed by atoms with Crippen LogP contribution in [0.25, 0.3) is 0 Å². The topological polar surface area (TPSA) is 46.6 Å². The summed E-state index contributed by atoms with van der Waals surface area (Å²) < 4.78 is 5.07. The third-order valence-electron chi connectivity index (χ3n) is 3.48. The maximum atomic E-state index is 12.0. The number of carbonyl (C=O) groups is 2. The van der Waals surface area contributed by atoms with Gasteiger partial charge in [0.25, 0.3) is 0 Å². The molecule has 0 aliphatic heterocycles. The molecule has 1 rings (SSSR count). The van der Waals surface area contributed by atoms with E-state index in [1.807, 2.05) is 19.9 Å². The quantitative estimate of drug-likeness (QED) is 0.421. The molecule has 0 spiro atoms. The van der Waals surface area contributed by atoms with Gasteiger partial charge >= 0.3 is 0 Å². The van der Waals surface area contributed by atoms with Crippen LogP contribution in [-0.4, -0.2) is 38.3 Å². The van der Waals surface area contributed by atoms with E-state index in [0.29, 0.717) is 6.61 Å². The highest BCUT2D eigenvalue weighted by atomic mass is 35.5. The summed E-state index contributed by atoms with van der Waals surface area (Å²) in [4.78, 5) is 24.3. The van der Waals surface area contributed by atoms with Gasteiger partial charge in [0.1, 0.15) is 12.2 Å². The van der Waals surface area contributed by atoms with E-state index in [-0.39, 0.29) is 18.3 Å². The lowest BCUT2D eigenvalue weighted by molar-refractivity contribution is -0.117. The van der Waals surface area contributed by atoms with Crippen molar-refractivity contribution in [1.29, 1.82) is 0 Å². The van der Waals surface area contributed by atoms with Crippen LogP contribution in [0.1, 0.15) is 23.1 Å². The highest BCUT2D eigenvalue weighted by Crippen LogP contribution is 2.28. The summed E-state index contributed by atoms with van der Waals surface area (Å²) in [5, 5.41) is 0. The lowest BCUT2D eigenvalue weighted by Gasteiger charge is -2.25. The minimum atomic E-state index is -0.260. The normalized spacial score (nSPS) is 10.5. The molecule has 0 saturated carbocycles. The molecule has 0 radical (unpaired) electrons. The molecule has 21 heavy (non-hydrogen) atoms. The van der Waals surface area contributed by atoms with E-state index in [0.717, 1.165) is 41.5 Å². The molecule has 0 aromatic heterocycles. The minimum Gasteiger partial charge on any atom is -0.385 e. The molecule has 5 heteroatoms. The molecule has 0 unspecified atom stereocenters. The van der Waals surface area contributed by atoms with Gasteiger partial charge in [-0.15, -0.1) is 11.6 Å². The number of aldehydes is 1. The monoisotopic (exact) mass is 311 g/mol. The molecular weight excluding hydrogens is 290 g/mol. The third kappa shape index (κ3) is 4.55. The van der Waals surface area contributed by atoms with Crippen LogP contribution in [-0.2, 0) is 20.7 Å². The number of hydrogen-bond donors (Lipinski definition) is 0. The SMILES string of the molecule is COCCCc1ccc(C)c(N(CC=O)C(=O)CCl)c1C. The molecule has 1 amide bonds. The fourth-order valence-electron chi connectivity index (χ4n) is 2.43. The van der Waals surface area contributed by atoms with Crippen LogP contribution in [0, 0.1) is 13.8 Å². The second-order valence-electron chi connectivity index (χ2n) is 4.92. The smallest absolute Gasteiger partial charge is 0.242 e. The van der Waals surface area contributed by atoms with Crippen LogP contribution in [0.2, 0.25) is 0 Å². The van der Waals surface area contributed by atoms with Gasteiger partial charge in [0.05, 0.1) is 12.2 Å². The van der Waals surface area contributed by atoms with Gasteiger partial charge in [-0.05, 0) is 43.4 Å². The maximum Gasteiger partial charge on any atom is 0.242 e. The number of ether oxygens (including phenoxy) is 1. The maximum absolute atomic E-state index is 12.0. The van der Waals surface area contributed by atoms with E-state index in [2.05, 4.69) is 6.07 Å². The van der Waals surface area contributed by atoms with Crippen molar-refractivity contribution in [2.75, 3.05) is 31.0 Å². The third-order valence-corrected chi connectivity index (χ3v) is 3.71.